The first kappa shape index (κ1) is 24.9. The average Bonchev–Trinajstić information content (AvgIpc) is 3.69. The number of nitrogens with zero attached hydrogens (tertiary/aromatic N) is 3. The van der Waals surface area contributed by atoms with Crippen molar-refractivity contribution < 1.29 is 20.1 Å². The Morgan fingerprint density at radius 3 is 2.29 bits per heavy atom. The number of ether oxygens (including phenoxy) is 1. The van der Waals surface area contributed by atoms with Gasteiger partial charge in [0.05, 0.1) is 32.9 Å². The molecule has 0 atom stereocenters. The third-order valence-corrected chi connectivity index (χ3v) is 5.99. The molecule has 10 nitrogen and oxygen atoms in total. The minimum atomic E-state index is -2.06. The molecule has 1 fully saturated rings. The quantitative estimate of drug-likeness (QED) is 0.308. The lowest BCUT2D eigenvalue weighted by molar-refractivity contribution is -0.0675. The summed E-state index contributed by atoms with van der Waals surface area (Å²) >= 11 is 5.97. The van der Waals surface area contributed by atoms with Crippen molar-refractivity contribution in [2.45, 2.75) is 31.5 Å². The number of hydrogen-bond acceptors (Lipinski definition) is 8. The zero-order valence-electron chi connectivity index (χ0n) is 18.9. The molecule has 0 aliphatic heterocycles. The lowest BCUT2D eigenvalue weighted by Crippen LogP contribution is -2.51. The normalized spacial score (nSPS) is 13.6. The van der Waals surface area contributed by atoms with E-state index in [1.807, 2.05) is 0 Å². The molecule has 0 radical (unpaired) electrons. The molecule has 2 aromatic carbocycles. The maximum atomic E-state index is 13.3. The van der Waals surface area contributed by atoms with Crippen molar-refractivity contribution in [1.29, 1.82) is 0 Å². The molecular formula is C24H27ClN4O6. The van der Waals surface area contributed by atoms with E-state index in [2.05, 4.69) is 10.3 Å². The maximum absolute atomic E-state index is 13.3. The Hall–Kier alpha value is -3.18. The molecule has 1 heterocycles. The molecule has 0 saturated heterocycles. The molecule has 0 unspecified atom stereocenters. The van der Waals surface area contributed by atoms with E-state index in [0.717, 1.165) is 11.3 Å². The van der Waals surface area contributed by atoms with E-state index in [0.29, 0.717) is 27.8 Å². The number of aliphatic hydroxyl groups excluding tert-OH is 2. The predicted molar refractivity (Wildman–Crippen MR) is 130 cm³/mol. The zero-order chi connectivity index (χ0) is 25.0. The van der Waals surface area contributed by atoms with Crippen LogP contribution in [0.5, 0.6) is 5.75 Å². The first-order valence-corrected chi connectivity index (χ1v) is 11.6. The summed E-state index contributed by atoms with van der Waals surface area (Å²) in [6.07, 6.45) is 2.38. The minimum Gasteiger partial charge on any atom is -0.493 e. The van der Waals surface area contributed by atoms with Gasteiger partial charge in [0, 0.05) is 10.7 Å². The van der Waals surface area contributed by atoms with E-state index in [-0.39, 0.29) is 12.5 Å². The van der Waals surface area contributed by atoms with Gasteiger partial charge in [-0.1, -0.05) is 23.7 Å². The van der Waals surface area contributed by atoms with Crippen LogP contribution in [-0.2, 0) is 13.1 Å². The first-order valence-electron chi connectivity index (χ1n) is 11.2. The van der Waals surface area contributed by atoms with Crippen LogP contribution >= 0.6 is 11.6 Å². The number of rotatable bonds is 11. The summed E-state index contributed by atoms with van der Waals surface area (Å²) in [5.41, 5.74) is -2.47. The van der Waals surface area contributed by atoms with Crippen molar-refractivity contribution >= 4 is 23.2 Å². The molecule has 1 aliphatic rings. The van der Waals surface area contributed by atoms with Crippen molar-refractivity contribution in [3.05, 3.63) is 80.1 Å². The summed E-state index contributed by atoms with van der Waals surface area (Å²) in [7, 11) is 0. The minimum absolute atomic E-state index is 0.00520. The molecule has 3 aromatic rings. The molecule has 1 aromatic heterocycles. The Balaban J connectivity index is 1.67. The van der Waals surface area contributed by atoms with Gasteiger partial charge in [0.25, 0.3) is 0 Å². The summed E-state index contributed by atoms with van der Waals surface area (Å²) in [5.74, 6) is 1.34. The van der Waals surface area contributed by atoms with Gasteiger partial charge in [-0.3, -0.25) is 4.57 Å². The topological polar surface area (TPSA) is 139 Å². The van der Waals surface area contributed by atoms with Crippen LogP contribution in [0.2, 0.25) is 5.02 Å². The Kier molecular flexibility index (Phi) is 7.56. The molecule has 4 N–H and O–H groups in total. The Morgan fingerprint density at radius 1 is 1.03 bits per heavy atom. The van der Waals surface area contributed by atoms with Crippen molar-refractivity contribution in [3.8, 4) is 5.75 Å². The number of anilines is 2. The SMILES string of the molecule is O=c1nc(Nc2ccc(OCC3CC3)cc2)n(Cc2ccc(Cl)cc2)c(=O)n1CC(O)(CO)CO. The highest BCUT2D eigenvalue weighted by Crippen LogP contribution is 2.30. The number of nitrogens with one attached hydrogen (secondary N) is 1. The first-order chi connectivity index (χ1) is 16.8. The van der Waals surface area contributed by atoms with E-state index in [9.17, 15) is 24.9 Å². The van der Waals surface area contributed by atoms with Gasteiger partial charge in [-0.25, -0.2) is 14.2 Å². The highest BCUT2D eigenvalue weighted by Gasteiger charge is 2.28. The summed E-state index contributed by atoms with van der Waals surface area (Å²) < 4.78 is 7.66. The molecule has 186 valence electrons. The van der Waals surface area contributed by atoms with Gasteiger partial charge in [0.2, 0.25) is 5.95 Å². The fourth-order valence-electron chi connectivity index (χ4n) is 3.38. The largest absolute Gasteiger partial charge is 0.493 e. The second kappa shape index (κ2) is 10.6. The van der Waals surface area contributed by atoms with Crippen LogP contribution in [-0.4, -0.2) is 54.9 Å². The highest BCUT2D eigenvalue weighted by molar-refractivity contribution is 6.30. The molecule has 0 bridgehead atoms. The highest BCUT2D eigenvalue weighted by atomic mass is 35.5. The zero-order valence-corrected chi connectivity index (χ0v) is 19.7. The summed E-state index contributed by atoms with van der Waals surface area (Å²) in [4.78, 5) is 30.0. The van der Waals surface area contributed by atoms with Crippen LogP contribution in [0.25, 0.3) is 0 Å². The van der Waals surface area contributed by atoms with Crippen molar-refractivity contribution in [3.63, 3.8) is 0 Å². The Bertz CT molecular complexity index is 1270. The maximum Gasteiger partial charge on any atom is 0.355 e. The predicted octanol–water partition coefficient (Wildman–Crippen LogP) is 1.35. The van der Waals surface area contributed by atoms with Crippen LogP contribution in [0.4, 0.5) is 11.6 Å². The number of hydrogen-bond donors (Lipinski definition) is 4. The van der Waals surface area contributed by atoms with Gasteiger partial charge in [0.1, 0.15) is 11.4 Å². The smallest absolute Gasteiger partial charge is 0.355 e. The second-order valence-electron chi connectivity index (χ2n) is 8.74. The van der Waals surface area contributed by atoms with Crippen LogP contribution in [0.1, 0.15) is 18.4 Å². The van der Waals surface area contributed by atoms with Gasteiger partial charge >= 0.3 is 11.4 Å². The van der Waals surface area contributed by atoms with Gasteiger partial charge in [0.15, 0.2) is 0 Å². The van der Waals surface area contributed by atoms with E-state index in [1.54, 1.807) is 48.5 Å². The second-order valence-corrected chi connectivity index (χ2v) is 9.18. The number of aromatic nitrogens is 3. The van der Waals surface area contributed by atoms with Gasteiger partial charge in [-0.05, 0) is 60.7 Å². The summed E-state index contributed by atoms with van der Waals surface area (Å²) in [6.45, 7) is -1.59. The lowest BCUT2D eigenvalue weighted by atomic mass is 10.1. The Labute approximate surface area is 206 Å². The summed E-state index contributed by atoms with van der Waals surface area (Å²) in [5, 5.41) is 32.6. The number of halogens is 1. The number of benzene rings is 2. The van der Waals surface area contributed by atoms with Crippen LogP contribution in [0.3, 0.4) is 0 Å². The van der Waals surface area contributed by atoms with E-state index >= 15 is 0 Å². The molecule has 4 rings (SSSR count). The van der Waals surface area contributed by atoms with Crippen LogP contribution in [0.15, 0.2) is 58.1 Å². The monoisotopic (exact) mass is 502 g/mol. The molecule has 0 amide bonds. The van der Waals surface area contributed by atoms with Crippen molar-refractivity contribution in [1.82, 2.24) is 14.1 Å². The van der Waals surface area contributed by atoms with E-state index < -0.39 is 36.7 Å². The van der Waals surface area contributed by atoms with Crippen molar-refractivity contribution in [2.75, 3.05) is 25.1 Å². The molecule has 11 heteroatoms. The standard InChI is InChI=1S/C24H27ClN4O6/c25-18-5-3-16(4-6-18)11-28-21(26-19-7-9-20(10-8-19)35-12-17-1-2-17)27-22(32)29(23(28)33)13-24(34,14-30)15-31/h3-10,17,30-31,34H,1-2,11-15H2,(H,26,27,32). The molecule has 0 spiro atoms. The molecule has 35 heavy (non-hydrogen) atoms. The van der Waals surface area contributed by atoms with Crippen LogP contribution in [0, 0.1) is 5.92 Å². The summed E-state index contributed by atoms with van der Waals surface area (Å²) in [6, 6.07) is 13.9. The average molecular weight is 503 g/mol. The van der Waals surface area contributed by atoms with Gasteiger partial charge in [-0.15, -0.1) is 0 Å². The lowest BCUT2D eigenvalue weighted by Gasteiger charge is -2.24. The fourth-order valence-corrected chi connectivity index (χ4v) is 3.51. The van der Waals surface area contributed by atoms with Gasteiger partial charge < -0.3 is 25.4 Å². The van der Waals surface area contributed by atoms with Crippen LogP contribution < -0.4 is 21.4 Å². The fraction of sp³-hybridized carbons (Fsp3) is 0.375. The molecule has 1 saturated carbocycles. The molecule has 1 aliphatic carbocycles. The van der Waals surface area contributed by atoms with Crippen molar-refractivity contribution in [2.24, 2.45) is 5.92 Å². The third kappa shape index (κ3) is 6.29. The van der Waals surface area contributed by atoms with E-state index in [4.69, 9.17) is 16.3 Å². The molecular weight excluding hydrogens is 476 g/mol. The Morgan fingerprint density at radius 2 is 1.69 bits per heavy atom. The number of aliphatic hydroxyl groups is 3. The van der Waals surface area contributed by atoms with Gasteiger partial charge in [-0.2, -0.15) is 4.98 Å². The van der Waals surface area contributed by atoms with E-state index in [1.165, 1.54) is 17.4 Å². The third-order valence-electron chi connectivity index (χ3n) is 5.74.